The second kappa shape index (κ2) is 17.4. The zero-order valence-electron chi connectivity index (χ0n) is 17.9. The summed E-state index contributed by atoms with van der Waals surface area (Å²) in [7, 11) is 1.21. The number of nitrogens with two attached hydrogens (primary N) is 1. The Hall–Kier alpha value is -0.650. The van der Waals surface area contributed by atoms with Crippen LogP contribution in [-0.2, 0) is 9.53 Å². The molecule has 0 fully saturated rings. The van der Waals surface area contributed by atoms with Gasteiger partial charge in [0.15, 0.2) is 5.54 Å². The number of carbonyl (C=O) groups is 1. The molecule has 0 saturated heterocycles. The van der Waals surface area contributed by atoms with Crippen molar-refractivity contribution in [1.29, 1.82) is 0 Å². The fourth-order valence-electron chi connectivity index (χ4n) is 3.46. The quantitative estimate of drug-likeness (QED) is 0.225. The molecule has 27 heavy (non-hydrogen) atoms. The second-order valence-corrected chi connectivity index (χ2v) is 7.94. The molecule has 0 aromatic carbocycles. The van der Waals surface area contributed by atoms with Crippen LogP contribution in [0.1, 0.15) is 110 Å². The molecule has 0 aromatic heterocycles. The molecule has 0 unspecified atom stereocenters. The molecule has 0 amide bonds. The van der Waals surface area contributed by atoms with Crippen molar-refractivity contribution in [2.75, 3.05) is 13.7 Å². The van der Waals surface area contributed by atoms with Crippen LogP contribution < -0.4 is 5.73 Å². The Bertz CT molecular complexity index is 351. The Balaban J connectivity index is 3.46. The number of aliphatic hydroxyl groups is 2. The minimum atomic E-state index is -1.70. The van der Waals surface area contributed by atoms with Gasteiger partial charge in [-0.05, 0) is 6.42 Å². The summed E-state index contributed by atoms with van der Waals surface area (Å²) in [5, 5.41) is 19.4. The molecule has 0 rings (SSSR count). The summed E-state index contributed by atoms with van der Waals surface area (Å²) in [5.74, 6) is -0.765. The van der Waals surface area contributed by atoms with Crippen LogP contribution in [-0.4, -0.2) is 41.5 Å². The van der Waals surface area contributed by atoms with Crippen LogP contribution in [0.15, 0.2) is 0 Å². The highest BCUT2D eigenvalue weighted by molar-refractivity contribution is 5.81. The summed E-state index contributed by atoms with van der Waals surface area (Å²) in [5.41, 5.74) is 4.08. The Kier molecular flexibility index (Phi) is 17.0. The van der Waals surface area contributed by atoms with Gasteiger partial charge in [0.2, 0.25) is 0 Å². The van der Waals surface area contributed by atoms with Crippen LogP contribution >= 0.6 is 0 Å². The maximum absolute atomic E-state index is 11.6. The van der Waals surface area contributed by atoms with Crippen molar-refractivity contribution in [2.24, 2.45) is 5.73 Å². The van der Waals surface area contributed by atoms with Crippen molar-refractivity contribution < 1.29 is 19.7 Å². The third-order valence-corrected chi connectivity index (χ3v) is 5.50. The first-order valence-electron chi connectivity index (χ1n) is 11.2. The van der Waals surface area contributed by atoms with Crippen LogP contribution in [0.25, 0.3) is 0 Å². The lowest BCUT2D eigenvalue weighted by Gasteiger charge is -2.29. The van der Waals surface area contributed by atoms with Crippen molar-refractivity contribution in [2.45, 2.75) is 121 Å². The van der Waals surface area contributed by atoms with E-state index in [1.807, 2.05) is 0 Å². The van der Waals surface area contributed by atoms with Crippen molar-refractivity contribution in [3.63, 3.8) is 0 Å². The summed E-state index contributed by atoms with van der Waals surface area (Å²) < 4.78 is 4.57. The second-order valence-electron chi connectivity index (χ2n) is 7.94. The maximum Gasteiger partial charge on any atom is 0.330 e. The number of hydrogen-bond donors (Lipinski definition) is 3. The molecule has 0 saturated carbocycles. The lowest BCUT2D eigenvalue weighted by Crippen LogP contribution is -2.60. The van der Waals surface area contributed by atoms with E-state index in [0.29, 0.717) is 6.42 Å². The van der Waals surface area contributed by atoms with E-state index in [9.17, 15) is 15.0 Å². The number of hydrogen-bond acceptors (Lipinski definition) is 5. The molecule has 0 aromatic rings. The molecule has 0 radical (unpaired) electrons. The summed E-state index contributed by atoms with van der Waals surface area (Å²) >= 11 is 0. The first kappa shape index (κ1) is 26.4. The highest BCUT2D eigenvalue weighted by Gasteiger charge is 2.41. The minimum Gasteiger partial charge on any atom is -0.468 e. The fourth-order valence-corrected chi connectivity index (χ4v) is 3.46. The smallest absolute Gasteiger partial charge is 0.330 e. The van der Waals surface area contributed by atoms with E-state index in [0.717, 1.165) is 19.3 Å². The highest BCUT2D eigenvalue weighted by atomic mass is 16.5. The number of esters is 1. The number of ether oxygens (including phenoxy) is 1. The monoisotopic (exact) mass is 387 g/mol. The van der Waals surface area contributed by atoms with E-state index in [-0.39, 0.29) is 0 Å². The lowest BCUT2D eigenvalue weighted by atomic mass is 9.90. The average Bonchev–Trinajstić information content (AvgIpc) is 2.69. The first-order chi connectivity index (χ1) is 13.0. The topological polar surface area (TPSA) is 92.8 Å². The number of unbranched alkanes of at least 4 members (excludes halogenated alkanes) is 14. The standard InChI is InChI=1S/C22H45NO4/c1-3-4-5-6-7-8-9-10-11-12-13-14-15-16-17-18-20(25)22(23,19-24)21(26)27-2/h20,24-25H,3-19,23H2,1-2H3/t20-,22-/m1/s1. The van der Waals surface area contributed by atoms with Crippen LogP contribution in [0.2, 0.25) is 0 Å². The number of carbonyl (C=O) groups excluding carboxylic acids is 1. The van der Waals surface area contributed by atoms with Gasteiger partial charge in [-0.2, -0.15) is 0 Å². The predicted octanol–water partition coefficient (Wildman–Crippen LogP) is 4.47. The van der Waals surface area contributed by atoms with Gasteiger partial charge in [0, 0.05) is 0 Å². The van der Waals surface area contributed by atoms with Gasteiger partial charge in [0.1, 0.15) is 0 Å². The van der Waals surface area contributed by atoms with Gasteiger partial charge >= 0.3 is 5.97 Å². The fraction of sp³-hybridized carbons (Fsp3) is 0.955. The van der Waals surface area contributed by atoms with Crippen LogP contribution in [0.4, 0.5) is 0 Å². The first-order valence-corrected chi connectivity index (χ1v) is 11.2. The summed E-state index contributed by atoms with van der Waals surface area (Å²) in [6.45, 7) is 1.65. The molecule has 4 N–H and O–H groups in total. The van der Waals surface area contributed by atoms with Crippen LogP contribution in [0.3, 0.4) is 0 Å². The maximum atomic E-state index is 11.6. The zero-order chi connectivity index (χ0) is 20.4. The van der Waals surface area contributed by atoms with E-state index in [1.54, 1.807) is 0 Å². The summed E-state index contributed by atoms with van der Waals surface area (Å²) in [6.07, 6.45) is 18.5. The lowest BCUT2D eigenvalue weighted by molar-refractivity contribution is -0.154. The normalized spacial score (nSPS) is 14.7. The van der Waals surface area contributed by atoms with Gasteiger partial charge in [-0.1, -0.05) is 103 Å². The van der Waals surface area contributed by atoms with E-state index in [2.05, 4.69) is 11.7 Å². The molecule has 5 nitrogen and oxygen atoms in total. The Morgan fingerprint density at radius 3 is 1.56 bits per heavy atom. The molecule has 0 spiro atoms. The number of rotatable bonds is 19. The third-order valence-electron chi connectivity index (χ3n) is 5.50. The minimum absolute atomic E-state index is 0.407. The predicted molar refractivity (Wildman–Crippen MR) is 112 cm³/mol. The molecular formula is C22H45NO4. The molecule has 162 valence electrons. The van der Waals surface area contributed by atoms with E-state index in [1.165, 1.54) is 84.2 Å². The molecule has 5 heteroatoms. The molecule has 0 aliphatic heterocycles. The summed E-state index contributed by atoms with van der Waals surface area (Å²) in [4.78, 5) is 11.6. The largest absolute Gasteiger partial charge is 0.468 e. The molecule has 0 bridgehead atoms. The van der Waals surface area contributed by atoms with Crippen molar-refractivity contribution in [3.05, 3.63) is 0 Å². The number of methoxy groups -OCH3 is 1. The van der Waals surface area contributed by atoms with Gasteiger partial charge in [0.25, 0.3) is 0 Å². The SMILES string of the molecule is CCCCCCCCCCCCCCCCC[C@@H](O)[C@](N)(CO)C(=O)OC. The van der Waals surface area contributed by atoms with E-state index < -0.39 is 24.2 Å². The van der Waals surface area contributed by atoms with Gasteiger partial charge in [-0.3, -0.25) is 0 Å². The van der Waals surface area contributed by atoms with Gasteiger partial charge in [0.05, 0.1) is 19.8 Å². The molecule has 0 aliphatic rings. The zero-order valence-corrected chi connectivity index (χ0v) is 17.9. The van der Waals surface area contributed by atoms with Crippen molar-refractivity contribution in [3.8, 4) is 0 Å². The van der Waals surface area contributed by atoms with Crippen molar-refractivity contribution in [1.82, 2.24) is 0 Å². The number of aliphatic hydroxyl groups excluding tert-OH is 2. The van der Waals surface area contributed by atoms with E-state index in [4.69, 9.17) is 5.73 Å². The molecular weight excluding hydrogens is 342 g/mol. The van der Waals surface area contributed by atoms with E-state index >= 15 is 0 Å². The Morgan fingerprint density at radius 1 is 0.852 bits per heavy atom. The molecule has 0 aliphatic carbocycles. The molecule has 2 atom stereocenters. The molecule has 0 heterocycles. The van der Waals surface area contributed by atoms with Gasteiger partial charge in [-0.25, -0.2) is 4.79 Å². The average molecular weight is 388 g/mol. The Morgan fingerprint density at radius 2 is 1.22 bits per heavy atom. The third kappa shape index (κ3) is 12.4. The summed E-state index contributed by atoms with van der Waals surface area (Å²) in [6, 6.07) is 0. The Labute approximate surface area is 167 Å². The van der Waals surface area contributed by atoms with Crippen LogP contribution in [0.5, 0.6) is 0 Å². The van der Waals surface area contributed by atoms with Gasteiger partial charge in [-0.15, -0.1) is 0 Å². The highest BCUT2D eigenvalue weighted by Crippen LogP contribution is 2.17. The van der Waals surface area contributed by atoms with Crippen molar-refractivity contribution >= 4 is 5.97 Å². The van der Waals surface area contributed by atoms with Gasteiger partial charge < -0.3 is 20.7 Å². The van der Waals surface area contributed by atoms with Crippen LogP contribution in [0, 0.1) is 0 Å².